The zero-order chi connectivity index (χ0) is 17.8. The lowest BCUT2D eigenvalue weighted by atomic mass is 10.0. The molecule has 24 heavy (non-hydrogen) atoms. The predicted molar refractivity (Wildman–Crippen MR) is 98.3 cm³/mol. The van der Waals surface area contributed by atoms with Crippen molar-refractivity contribution in [1.82, 2.24) is 0 Å². The second-order valence-electron chi connectivity index (χ2n) is 6.54. The van der Waals surface area contributed by atoms with Crippen LogP contribution in [0, 0.1) is 21.2 Å². The summed E-state index contributed by atoms with van der Waals surface area (Å²) in [4.78, 5) is 10.2. The van der Waals surface area contributed by atoms with Crippen molar-refractivity contribution in [2.75, 3.05) is 0 Å². The highest BCUT2D eigenvalue weighted by Gasteiger charge is 2.07. The molecule has 0 N–H and O–H groups in total. The van der Waals surface area contributed by atoms with E-state index in [9.17, 15) is 15.3 Å². The average Bonchev–Trinajstić information content (AvgIpc) is 2.54. The van der Waals surface area contributed by atoms with Gasteiger partial charge in [0.25, 0.3) is 5.69 Å². The second-order valence-corrected chi connectivity index (χ2v) is 6.54. The molecule has 0 aliphatic heterocycles. The zero-order valence-electron chi connectivity index (χ0n) is 14.9. The van der Waals surface area contributed by atoms with E-state index in [4.69, 9.17) is 0 Å². The predicted octanol–water partition coefficient (Wildman–Crippen LogP) is 5.45. The van der Waals surface area contributed by atoms with Crippen LogP contribution in [0.1, 0.15) is 70.8 Å². The zero-order valence-corrected chi connectivity index (χ0v) is 14.9. The standard InChI is InChI=1S/C19H30N2O3/c1-3-4-5-6-7-8-9-10-17(2)15-20(22)16-18-11-13-19(14-12-18)21(23)24/h11-15,17H,3-10,16H2,1-2H3. The van der Waals surface area contributed by atoms with Crippen molar-refractivity contribution in [3.8, 4) is 0 Å². The largest absolute Gasteiger partial charge is 0.624 e. The smallest absolute Gasteiger partial charge is 0.269 e. The van der Waals surface area contributed by atoms with Crippen LogP contribution in [0.3, 0.4) is 0 Å². The van der Waals surface area contributed by atoms with Gasteiger partial charge >= 0.3 is 0 Å². The highest BCUT2D eigenvalue weighted by atomic mass is 16.6. The van der Waals surface area contributed by atoms with Crippen molar-refractivity contribution < 1.29 is 9.66 Å². The summed E-state index contributed by atoms with van der Waals surface area (Å²) in [7, 11) is 0. The van der Waals surface area contributed by atoms with Crippen LogP contribution in [-0.2, 0) is 6.54 Å². The Balaban J connectivity index is 2.27. The Hall–Kier alpha value is -1.91. The number of hydrogen-bond donors (Lipinski definition) is 0. The number of non-ortho nitro benzene ring substituents is 1. The third kappa shape index (κ3) is 8.65. The van der Waals surface area contributed by atoms with Gasteiger partial charge in [-0.2, -0.15) is 0 Å². The fourth-order valence-electron chi connectivity index (χ4n) is 2.74. The third-order valence-corrected chi connectivity index (χ3v) is 4.17. The molecule has 1 rings (SSSR count). The molecule has 0 saturated carbocycles. The normalized spacial score (nSPS) is 13.0. The van der Waals surface area contributed by atoms with Crippen molar-refractivity contribution in [3.63, 3.8) is 0 Å². The SMILES string of the molecule is CCCCCCCCCC(C)C=[N+]([O-])Cc1ccc([N+](=O)[O-])cc1. The van der Waals surface area contributed by atoms with Crippen molar-refractivity contribution in [2.24, 2.45) is 5.92 Å². The number of nitrogens with zero attached hydrogens (tertiary/aromatic N) is 2. The molecular weight excluding hydrogens is 304 g/mol. The van der Waals surface area contributed by atoms with Crippen LogP contribution in [-0.4, -0.2) is 15.9 Å². The summed E-state index contributed by atoms with van der Waals surface area (Å²) in [6.07, 6.45) is 11.7. The molecule has 0 aliphatic rings. The summed E-state index contributed by atoms with van der Waals surface area (Å²) in [5.74, 6) is 0.260. The molecule has 0 amide bonds. The lowest BCUT2D eigenvalue weighted by Gasteiger charge is -2.08. The lowest BCUT2D eigenvalue weighted by Crippen LogP contribution is -2.10. The summed E-state index contributed by atoms with van der Waals surface area (Å²) in [5, 5.41) is 22.6. The van der Waals surface area contributed by atoms with Crippen molar-refractivity contribution in [3.05, 3.63) is 45.2 Å². The molecule has 0 bridgehead atoms. The van der Waals surface area contributed by atoms with Gasteiger partial charge in [0.15, 0.2) is 12.8 Å². The van der Waals surface area contributed by atoms with Crippen LogP contribution in [0.4, 0.5) is 5.69 Å². The Morgan fingerprint density at radius 2 is 1.58 bits per heavy atom. The molecule has 1 aromatic carbocycles. The van der Waals surface area contributed by atoms with Crippen LogP contribution in [0.25, 0.3) is 0 Å². The van der Waals surface area contributed by atoms with Crippen LogP contribution in [0.5, 0.6) is 0 Å². The van der Waals surface area contributed by atoms with E-state index in [2.05, 4.69) is 13.8 Å². The maximum absolute atomic E-state index is 12.0. The minimum atomic E-state index is -0.435. The van der Waals surface area contributed by atoms with Crippen molar-refractivity contribution in [2.45, 2.75) is 71.8 Å². The number of hydroxylamine groups is 1. The fraction of sp³-hybridized carbons (Fsp3) is 0.632. The molecule has 0 fully saturated rings. The number of benzene rings is 1. The first-order chi connectivity index (χ1) is 11.5. The second kappa shape index (κ2) is 11.6. The van der Waals surface area contributed by atoms with Crippen molar-refractivity contribution in [1.29, 1.82) is 0 Å². The van der Waals surface area contributed by atoms with Gasteiger partial charge < -0.3 is 5.21 Å². The molecule has 5 nitrogen and oxygen atoms in total. The number of nitro benzene ring substituents is 1. The van der Waals surface area contributed by atoms with E-state index in [1.807, 2.05) is 0 Å². The van der Waals surface area contributed by atoms with Crippen LogP contribution in [0.15, 0.2) is 24.3 Å². The van der Waals surface area contributed by atoms with Gasteiger partial charge in [-0.3, -0.25) is 10.1 Å². The molecule has 0 saturated heterocycles. The molecule has 134 valence electrons. The van der Waals surface area contributed by atoms with Gasteiger partial charge in [0.1, 0.15) is 0 Å². The van der Waals surface area contributed by atoms with Crippen molar-refractivity contribution >= 4 is 11.9 Å². The van der Waals surface area contributed by atoms with Crippen LogP contribution < -0.4 is 0 Å². The lowest BCUT2D eigenvalue weighted by molar-refractivity contribution is -0.472. The number of rotatable bonds is 12. The van der Waals surface area contributed by atoms with E-state index in [0.29, 0.717) is 0 Å². The molecule has 1 aromatic rings. The number of hydrogen-bond acceptors (Lipinski definition) is 3. The summed E-state index contributed by atoms with van der Waals surface area (Å²) in [6, 6.07) is 6.14. The fourth-order valence-corrected chi connectivity index (χ4v) is 2.74. The Bertz CT molecular complexity index is 512. The first kappa shape index (κ1) is 20.1. The van der Waals surface area contributed by atoms with E-state index in [0.717, 1.165) is 23.1 Å². The monoisotopic (exact) mass is 334 g/mol. The number of unbranched alkanes of at least 4 members (excludes halogenated alkanes) is 6. The molecule has 0 heterocycles. The summed E-state index contributed by atoms with van der Waals surface area (Å²) >= 11 is 0. The highest BCUT2D eigenvalue weighted by Crippen LogP contribution is 2.14. The summed E-state index contributed by atoms with van der Waals surface area (Å²) < 4.78 is 0.938. The minimum absolute atomic E-state index is 0.0486. The Morgan fingerprint density at radius 1 is 1.00 bits per heavy atom. The highest BCUT2D eigenvalue weighted by molar-refractivity contribution is 5.54. The van der Waals surface area contributed by atoms with Gasteiger partial charge in [-0.15, -0.1) is 0 Å². The molecule has 0 aliphatic carbocycles. The molecule has 0 spiro atoms. The first-order valence-corrected chi connectivity index (χ1v) is 9.05. The van der Waals surface area contributed by atoms with Gasteiger partial charge in [-0.1, -0.05) is 58.8 Å². The molecule has 1 atom stereocenters. The van der Waals surface area contributed by atoms with Gasteiger partial charge in [-0.25, -0.2) is 4.74 Å². The first-order valence-electron chi connectivity index (χ1n) is 9.05. The van der Waals surface area contributed by atoms with E-state index >= 15 is 0 Å². The average molecular weight is 334 g/mol. The Kier molecular flexibility index (Phi) is 9.73. The van der Waals surface area contributed by atoms with Crippen LogP contribution >= 0.6 is 0 Å². The van der Waals surface area contributed by atoms with Gasteiger partial charge in [0, 0.05) is 23.6 Å². The van der Waals surface area contributed by atoms with Gasteiger partial charge in [0.05, 0.1) is 4.92 Å². The molecule has 0 aromatic heterocycles. The van der Waals surface area contributed by atoms with Gasteiger partial charge in [0.2, 0.25) is 0 Å². The topological polar surface area (TPSA) is 69.2 Å². The number of nitro groups is 1. The van der Waals surface area contributed by atoms with Crippen LogP contribution in [0.2, 0.25) is 0 Å². The Morgan fingerprint density at radius 3 is 2.17 bits per heavy atom. The maximum Gasteiger partial charge on any atom is 0.269 e. The summed E-state index contributed by atoms with van der Waals surface area (Å²) in [6.45, 7) is 4.53. The van der Waals surface area contributed by atoms with Gasteiger partial charge in [-0.05, 0) is 18.6 Å². The molecule has 0 radical (unpaired) electrons. The van der Waals surface area contributed by atoms with E-state index < -0.39 is 4.92 Å². The molecule has 1 unspecified atom stereocenters. The quantitative estimate of drug-likeness (QED) is 0.127. The molecule has 5 heteroatoms. The maximum atomic E-state index is 12.0. The van der Waals surface area contributed by atoms with E-state index in [1.165, 1.54) is 50.7 Å². The minimum Gasteiger partial charge on any atom is -0.624 e. The molecular formula is C19H30N2O3. The summed E-state index contributed by atoms with van der Waals surface area (Å²) in [5.41, 5.74) is 0.836. The Labute approximate surface area is 145 Å². The van der Waals surface area contributed by atoms with E-state index in [1.54, 1.807) is 18.3 Å². The van der Waals surface area contributed by atoms with E-state index in [-0.39, 0.29) is 18.2 Å². The third-order valence-electron chi connectivity index (χ3n) is 4.17.